The molecule has 7 nitrogen and oxygen atoms in total. The van der Waals surface area contributed by atoms with Crippen molar-refractivity contribution in [2.75, 3.05) is 13.2 Å². The van der Waals surface area contributed by atoms with Gasteiger partial charge in [-0.2, -0.15) is 0 Å². The Labute approximate surface area is 151 Å². The third-order valence-electron chi connectivity index (χ3n) is 3.41. The molecule has 0 amide bonds. The maximum Gasteiger partial charge on any atom is 0.349 e. The summed E-state index contributed by atoms with van der Waals surface area (Å²) in [5.41, 5.74) is -0.0738. The highest BCUT2D eigenvalue weighted by atomic mass is 16.6. The third kappa shape index (κ3) is 6.43. The molecular weight excluding hydrogens is 338 g/mol. The van der Waals surface area contributed by atoms with Gasteiger partial charge in [-0.25, -0.2) is 4.79 Å². The van der Waals surface area contributed by atoms with E-state index in [1.54, 1.807) is 18.2 Å². The van der Waals surface area contributed by atoms with Crippen molar-refractivity contribution >= 4 is 11.7 Å². The minimum atomic E-state index is -0.606. The van der Waals surface area contributed by atoms with Crippen molar-refractivity contribution in [2.24, 2.45) is 5.92 Å². The molecule has 0 saturated carbocycles. The van der Waals surface area contributed by atoms with Gasteiger partial charge >= 0.3 is 5.97 Å². The SMILES string of the molecule is CC(C)CCOc1cccc(OCC(=O)Oc2ccc([N+](=O)[O-])cc2)c1. The molecule has 26 heavy (non-hydrogen) atoms. The molecule has 0 aliphatic rings. The van der Waals surface area contributed by atoms with Gasteiger partial charge in [0, 0.05) is 18.2 Å². The van der Waals surface area contributed by atoms with Gasteiger partial charge in [0.15, 0.2) is 6.61 Å². The number of hydrogen-bond acceptors (Lipinski definition) is 6. The summed E-state index contributed by atoms with van der Waals surface area (Å²) in [7, 11) is 0. The number of esters is 1. The molecule has 0 aliphatic heterocycles. The number of hydrogen-bond donors (Lipinski definition) is 0. The Morgan fingerprint density at radius 2 is 1.69 bits per heavy atom. The number of carbonyl (C=O) groups excluding carboxylic acids is 1. The van der Waals surface area contributed by atoms with E-state index in [1.807, 2.05) is 6.07 Å². The summed E-state index contributed by atoms with van der Waals surface area (Å²) in [5, 5.41) is 10.6. The molecule has 2 aromatic rings. The lowest BCUT2D eigenvalue weighted by Crippen LogP contribution is -2.17. The van der Waals surface area contributed by atoms with Gasteiger partial charge in [-0.05, 0) is 36.6 Å². The van der Waals surface area contributed by atoms with Gasteiger partial charge in [0.25, 0.3) is 5.69 Å². The Morgan fingerprint density at radius 3 is 2.31 bits per heavy atom. The van der Waals surface area contributed by atoms with E-state index in [-0.39, 0.29) is 18.0 Å². The predicted molar refractivity (Wildman–Crippen MR) is 95.6 cm³/mol. The largest absolute Gasteiger partial charge is 0.493 e. The second-order valence-corrected chi connectivity index (χ2v) is 6.02. The van der Waals surface area contributed by atoms with E-state index >= 15 is 0 Å². The van der Waals surface area contributed by atoms with Gasteiger partial charge in [-0.3, -0.25) is 10.1 Å². The molecule has 0 atom stereocenters. The first-order chi connectivity index (χ1) is 12.4. The fourth-order valence-corrected chi connectivity index (χ4v) is 2.01. The molecule has 7 heteroatoms. The number of nitro benzene ring substituents is 1. The maximum atomic E-state index is 11.8. The zero-order valence-corrected chi connectivity index (χ0v) is 14.7. The number of nitrogens with zero attached hydrogens (tertiary/aromatic N) is 1. The van der Waals surface area contributed by atoms with Crippen LogP contribution in [0.2, 0.25) is 0 Å². The normalized spacial score (nSPS) is 10.4. The van der Waals surface area contributed by atoms with Crippen molar-refractivity contribution in [3.63, 3.8) is 0 Å². The van der Waals surface area contributed by atoms with Gasteiger partial charge < -0.3 is 14.2 Å². The van der Waals surface area contributed by atoms with Crippen molar-refractivity contribution in [1.82, 2.24) is 0 Å². The first kappa shape index (κ1) is 19.2. The van der Waals surface area contributed by atoms with Gasteiger partial charge in [-0.1, -0.05) is 19.9 Å². The molecule has 0 fully saturated rings. The fraction of sp³-hybridized carbons (Fsp3) is 0.316. The van der Waals surface area contributed by atoms with Crippen molar-refractivity contribution in [3.05, 3.63) is 58.6 Å². The molecule has 0 saturated heterocycles. The average Bonchev–Trinajstić information content (AvgIpc) is 2.60. The van der Waals surface area contributed by atoms with Crippen molar-refractivity contribution in [1.29, 1.82) is 0 Å². The van der Waals surface area contributed by atoms with Crippen LogP contribution in [-0.4, -0.2) is 24.1 Å². The van der Waals surface area contributed by atoms with E-state index in [2.05, 4.69) is 13.8 Å². The summed E-state index contributed by atoms with van der Waals surface area (Å²) in [6.07, 6.45) is 0.951. The standard InChI is InChI=1S/C19H21NO6/c1-14(2)10-11-24-17-4-3-5-18(12-17)25-13-19(21)26-16-8-6-15(7-9-16)20(22)23/h3-9,12,14H,10-11,13H2,1-2H3. The van der Waals surface area contributed by atoms with Crippen LogP contribution >= 0.6 is 0 Å². The molecule has 0 spiro atoms. The predicted octanol–water partition coefficient (Wildman–Crippen LogP) is 4.00. The van der Waals surface area contributed by atoms with Crippen LogP contribution in [0.25, 0.3) is 0 Å². The van der Waals surface area contributed by atoms with Crippen LogP contribution in [0.5, 0.6) is 17.2 Å². The van der Waals surface area contributed by atoms with Crippen LogP contribution in [0.1, 0.15) is 20.3 Å². The quantitative estimate of drug-likeness (QED) is 0.291. The van der Waals surface area contributed by atoms with Gasteiger partial charge in [0.2, 0.25) is 0 Å². The lowest BCUT2D eigenvalue weighted by molar-refractivity contribution is -0.384. The van der Waals surface area contributed by atoms with Crippen molar-refractivity contribution in [2.45, 2.75) is 20.3 Å². The Balaban J connectivity index is 1.82. The summed E-state index contributed by atoms with van der Waals surface area (Å²) in [6.45, 7) is 4.58. The zero-order valence-electron chi connectivity index (χ0n) is 14.7. The van der Waals surface area contributed by atoms with Crippen LogP contribution in [-0.2, 0) is 4.79 Å². The number of carbonyl (C=O) groups is 1. The van der Waals surface area contributed by atoms with E-state index < -0.39 is 10.9 Å². The summed E-state index contributed by atoms with van der Waals surface area (Å²) in [4.78, 5) is 21.9. The van der Waals surface area contributed by atoms with E-state index in [9.17, 15) is 14.9 Å². The third-order valence-corrected chi connectivity index (χ3v) is 3.41. The lowest BCUT2D eigenvalue weighted by atomic mass is 10.1. The molecule has 0 radical (unpaired) electrons. The van der Waals surface area contributed by atoms with E-state index in [4.69, 9.17) is 14.2 Å². The summed E-state index contributed by atoms with van der Waals surface area (Å²) < 4.78 is 16.1. The molecular formula is C19H21NO6. The van der Waals surface area contributed by atoms with Crippen LogP contribution < -0.4 is 14.2 Å². The molecule has 2 aromatic carbocycles. The van der Waals surface area contributed by atoms with Crippen LogP contribution in [0, 0.1) is 16.0 Å². The fourth-order valence-electron chi connectivity index (χ4n) is 2.01. The molecule has 0 bridgehead atoms. The molecule has 0 aromatic heterocycles. The van der Waals surface area contributed by atoms with E-state index in [0.29, 0.717) is 24.0 Å². The smallest absolute Gasteiger partial charge is 0.349 e. The average molecular weight is 359 g/mol. The highest BCUT2D eigenvalue weighted by Crippen LogP contribution is 2.21. The Hall–Kier alpha value is -3.09. The van der Waals surface area contributed by atoms with E-state index in [0.717, 1.165) is 6.42 Å². The Kier molecular flexibility index (Phi) is 6.96. The minimum Gasteiger partial charge on any atom is -0.493 e. The van der Waals surface area contributed by atoms with E-state index in [1.165, 1.54) is 24.3 Å². The Morgan fingerprint density at radius 1 is 1.04 bits per heavy atom. The zero-order chi connectivity index (χ0) is 18.9. The molecule has 0 unspecified atom stereocenters. The van der Waals surface area contributed by atoms with Crippen LogP contribution in [0.3, 0.4) is 0 Å². The molecule has 2 rings (SSSR count). The minimum absolute atomic E-state index is 0.0738. The number of non-ortho nitro benzene ring substituents is 1. The van der Waals surface area contributed by atoms with Crippen LogP contribution in [0.15, 0.2) is 48.5 Å². The number of rotatable bonds is 9. The topological polar surface area (TPSA) is 87.9 Å². The molecule has 0 aliphatic carbocycles. The second-order valence-electron chi connectivity index (χ2n) is 6.02. The summed E-state index contributed by atoms with van der Waals surface area (Å²) in [5.74, 6) is 1.34. The summed E-state index contributed by atoms with van der Waals surface area (Å²) in [6, 6.07) is 12.3. The molecule has 138 valence electrons. The maximum absolute atomic E-state index is 11.8. The number of ether oxygens (including phenoxy) is 3. The lowest BCUT2D eigenvalue weighted by Gasteiger charge is -2.10. The monoisotopic (exact) mass is 359 g/mol. The summed E-state index contributed by atoms with van der Waals surface area (Å²) >= 11 is 0. The molecule has 0 N–H and O–H groups in total. The first-order valence-corrected chi connectivity index (χ1v) is 8.25. The second kappa shape index (κ2) is 9.41. The van der Waals surface area contributed by atoms with Crippen molar-refractivity contribution in [3.8, 4) is 17.2 Å². The number of benzene rings is 2. The number of nitro groups is 1. The highest BCUT2D eigenvalue weighted by molar-refractivity contribution is 5.74. The van der Waals surface area contributed by atoms with Gasteiger partial charge in [0.1, 0.15) is 17.2 Å². The first-order valence-electron chi connectivity index (χ1n) is 8.25. The van der Waals surface area contributed by atoms with Gasteiger partial charge in [0.05, 0.1) is 11.5 Å². The Bertz CT molecular complexity index is 742. The molecule has 0 heterocycles. The van der Waals surface area contributed by atoms with Gasteiger partial charge in [-0.15, -0.1) is 0 Å². The highest BCUT2D eigenvalue weighted by Gasteiger charge is 2.09. The van der Waals surface area contributed by atoms with Crippen LogP contribution in [0.4, 0.5) is 5.69 Å². The van der Waals surface area contributed by atoms with Crippen molar-refractivity contribution < 1.29 is 23.9 Å².